The lowest BCUT2D eigenvalue weighted by atomic mass is 9.95. The third-order valence-corrected chi connectivity index (χ3v) is 7.21. The summed E-state index contributed by atoms with van der Waals surface area (Å²) in [6.07, 6.45) is 2.00. The Kier molecular flexibility index (Phi) is 6.86. The van der Waals surface area contributed by atoms with E-state index in [2.05, 4.69) is 5.32 Å². The highest BCUT2D eigenvalue weighted by molar-refractivity contribution is 7.89. The molecule has 0 aromatic heterocycles. The van der Waals surface area contributed by atoms with Gasteiger partial charge in [-0.05, 0) is 30.4 Å². The number of benzene rings is 2. The molecule has 0 bridgehead atoms. The van der Waals surface area contributed by atoms with Crippen LogP contribution in [0.3, 0.4) is 0 Å². The molecule has 0 spiro atoms. The minimum Gasteiger partial charge on any atom is -0.345 e. The summed E-state index contributed by atoms with van der Waals surface area (Å²) in [5.41, 5.74) is 2.02. The molecule has 1 aliphatic rings. The van der Waals surface area contributed by atoms with E-state index in [0.717, 1.165) is 11.1 Å². The first-order valence-corrected chi connectivity index (χ1v) is 11.5. The van der Waals surface area contributed by atoms with Crippen molar-refractivity contribution in [2.24, 2.45) is 5.92 Å². The molecule has 1 N–H and O–H groups in total. The maximum atomic E-state index is 13.1. The Morgan fingerprint density at radius 1 is 1.07 bits per heavy atom. The summed E-state index contributed by atoms with van der Waals surface area (Å²) < 4.78 is 26.3. The zero-order chi connectivity index (χ0) is 20.0. The smallest absolute Gasteiger partial charge is 0.225 e. The van der Waals surface area contributed by atoms with Crippen LogP contribution >= 0.6 is 0 Å². The summed E-state index contributed by atoms with van der Waals surface area (Å²) in [6, 6.07) is 19.5. The van der Waals surface area contributed by atoms with Crippen molar-refractivity contribution in [3.63, 3.8) is 0 Å². The Labute approximate surface area is 167 Å². The van der Waals surface area contributed by atoms with Crippen LogP contribution in [0.2, 0.25) is 0 Å². The van der Waals surface area contributed by atoms with E-state index in [0.29, 0.717) is 25.8 Å². The van der Waals surface area contributed by atoms with Crippen LogP contribution in [0.5, 0.6) is 0 Å². The van der Waals surface area contributed by atoms with E-state index in [1.807, 2.05) is 67.6 Å². The van der Waals surface area contributed by atoms with Gasteiger partial charge in [-0.2, -0.15) is 0 Å². The van der Waals surface area contributed by atoms with Crippen molar-refractivity contribution < 1.29 is 13.2 Å². The van der Waals surface area contributed by atoms with Crippen molar-refractivity contribution in [2.45, 2.75) is 32.2 Å². The summed E-state index contributed by atoms with van der Waals surface area (Å²) in [5.74, 6) is -0.276. The van der Waals surface area contributed by atoms with Gasteiger partial charge in [0, 0.05) is 13.1 Å². The molecule has 6 heteroatoms. The molecule has 1 aliphatic heterocycles. The van der Waals surface area contributed by atoms with E-state index < -0.39 is 10.0 Å². The van der Waals surface area contributed by atoms with Gasteiger partial charge in [0.1, 0.15) is 0 Å². The number of hydrogen-bond acceptors (Lipinski definition) is 3. The molecular weight excluding hydrogens is 372 g/mol. The fourth-order valence-corrected chi connectivity index (χ4v) is 5.29. The van der Waals surface area contributed by atoms with Gasteiger partial charge in [0.25, 0.3) is 0 Å². The standard InChI is InChI=1S/C22H28N2O3S/c1-2-16-28(26,27)24-15-9-14-20(17-24)22(25)23-21(18-10-5-3-6-11-18)19-12-7-4-8-13-19/h3-8,10-13,20-21H,2,9,14-17H2,1H3,(H,23,25)/t20-/m1/s1. The van der Waals surface area contributed by atoms with Crippen LogP contribution in [-0.4, -0.2) is 37.5 Å². The highest BCUT2D eigenvalue weighted by Gasteiger charge is 2.32. The van der Waals surface area contributed by atoms with Crippen LogP contribution in [0.1, 0.15) is 43.4 Å². The van der Waals surface area contributed by atoms with Crippen molar-refractivity contribution in [3.8, 4) is 0 Å². The first kappa shape index (κ1) is 20.6. The molecule has 0 aliphatic carbocycles. The second-order valence-corrected chi connectivity index (χ2v) is 9.36. The number of sulfonamides is 1. The molecule has 5 nitrogen and oxygen atoms in total. The molecule has 0 saturated carbocycles. The second kappa shape index (κ2) is 9.34. The van der Waals surface area contributed by atoms with Gasteiger partial charge in [-0.1, -0.05) is 67.6 Å². The monoisotopic (exact) mass is 400 g/mol. The maximum absolute atomic E-state index is 13.1. The van der Waals surface area contributed by atoms with Gasteiger partial charge in [-0.25, -0.2) is 12.7 Å². The van der Waals surface area contributed by atoms with Gasteiger partial charge >= 0.3 is 0 Å². The van der Waals surface area contributed by atoms with E-state index in [1.165, 1.54) is 4.31 Å². The largest absolute Gasteiger partial charge is 0.345 e. The minimum absolute atomic E-state index is 0.0888. The first-order valence-electron chi connectivity index (χ1n) is 9.89. The molecule has 2 aromatic carbocycles. The van der Waals surface area contributed by atoms with E-state index >= 15 is 0 Å². The van der Waals surface area contributed by atoms with Gasteiger partial charge in [0.15, 0.2) is 0 Å². The third kappa shape index (κ3) is 5.00. The Hall–Kier alpha value is -2.18. The van der Waals surface area contributed by atoms with Crippen LogP contribution in [0.15, 0.2) is 60.7 Å². The number of amides is 1. The van der Waals surface area contributed by atoms with Crippen molar-refractivity contribution >= 4 is 15.9 Å². The molecule has 1 saturated heterocycles. The molecule has 0 unspecified atom stereocenters. The molecule has 0 radical (unpaired) electrons. The Balaban J connectivity index is 1.77. The molecule has 1 atom stereocenters. The van der Waals surface area contributed by atoms with E-state index in [1.54, 1.807) is 0 Å². The highest BCUT2D eigenvalue weighted by atomic mass is 32.2. The molecule has 1 heterocycles. The highest BCUT2D eigenvalue weighted by Crippen LogP contribution is 2.25. The van der Waals surface area contributed by atoms with Crippen LogP contribution < -0.4 is 5.32 Å². The van der Waals surface area contributed by atoms with Gasteiger partial charge in [0.05, 0.1) is 17.7 Å². The molecule has 1 amide bonds. The summed E-state index contributed by atoms with van der Waals surface area (Å²) in [6.45, 7) is 2.63. The maximum Gasteiger partial charge on any atom is 0.225 e. The predicted molar refractivity (Wildman–Crippen MR) is 111 cm³/mol. The quantitative estimate of drug-likeness (QED) is 0.775. The van der Waals surface area contributed by atoms with Gasteiger partial charge in [0.2, 0.25) is 15.9 Å². The zero-order valence-corrected chi connectivity index (χ0v) is 17.1. The SMILES string of the molecule is CCCS(=O)(=O)N1CCC[C@@H](C(=O)NC(c2ccccc2)c2ccccc2)C1. The molecule has 28 heavy (non-hydrogen) atoms. The summed E-state index contributed by atoms with van der Waals surface area (Å²) in [5, 5.41) is 3.16. The number of piperidine rings is 1. The average molecular weight is 401 g/mol. The number of carbonyl (C=O) groups is 1. The second-order valence-electron chi connectivity index (χ2n) is 7.28. The van der Waals surface area contributed by atoms with Gasteiger partial charge in [-0.15, -0.1) is 0 Å². The van der Waals surface area contributed by atoms with Crippen LogP contribution in [0, 0.1) is 5.92 Å². The van der Waals surface area contributed by atoms with E-state index in [9.17, 15) is 13.2 Å². The van der Waals surface area contributed by atoms with Crippen LogP contribution in [-0.2, 0) is 14.8 Å². The Morgan fingerprint density at radius 2 is 1.64 bits per heavy atom. The van der Waals surface area contributed by atoms with E-state index in [-0.39, 0.29) is 30.2 Å². The number of rotatable bonds is 7. The lowest BCUT2D eigenvalue weighted by Crippen LogP contribution is -2.46. The molecular formula is C22H28N2O3S. The van der Waals surface area contributed by atoms with Crippen molar-refractivity contribution in [1.82, 2.24) is 9.62 Å². The summed E-state index contributed by atoms with van der Waals surface area (Å²) in [7, 11) is -3.28. The molecule has 150 valence electrons. The van der Waals surface area contributed by atoms with Gasteiger partial charge in [-0.3, -0.25) is 4.79 Å². The third-order valence-electron chi connectivity index (χ3n) is 5.16. The van der Waals surface area contributed by atoms with Crippen molar-refractivity contribution in [2.75, 3.05) is 18.8 Å². The Morgan fingerprint density at radius 3 is 2.18 bits per heavy atom. The van der Waals surface area contributed by atoms with Crippen molar-refractivity contribution in [1.29, 1.82) is 0 Å². The number of carbonyl (C=O) groups excluding carboxylic acids is 1. The fourth-order valence-electron chi connectivity index (χ4n) is 3.71. The number of hydrogen-bond donors (Lipinski definition) is 1. The molecule has 1 fully saturated rings. The minimum atomic E-state index is -3.28. The predicted octanol–water partition coefficient (Wildman–Crippen LogP) is 3.34. The average Bonchev–Trinajstić information content (AvgIpc) is 2.73. The Bertz CT molecular complexity index is 830. The lowest BCUT2D eigenvalue weighted by Gasteiger charge is -2.32. The van der Waals surface area contributed by atoms with Crippen LogP contribution in [0.25, 0.3) is 0 Å². The first-order chi connectivity index (χ1) is 13.5. The fraction of sp³-hybridized carbons (Fsp3) is 0.409. The lowest BCUT2D eigenvalue weighted by molar-refractivity contribution is -0.126. The van der Waals surface area contributed by atoms with Gasteiger partial charge < -0.3 is 5.32 Å². The zero-order valence-electron chi connectivity index (χ0n) is 16.3. The van der Waals surface area contributed by atoms with Crippen molar-refractivity contribution in [3.05, 3.63) is 71.8 Å². The topological polar surface area (TPSA) is 66.5 Å². The normalized spacial score (nSPS) is 18.1. The molecule has 2 aromatic rings. The van der Waals surface area contributed by atoms with Crippen LogP contribution in [0.4, 0.5) is 0 Å². The molecule has 3 rings (SSSR count). The summed E-state index contributed by atoms with van der Waals surface area (Å²) >= 11 is 0. The van der Waals surface area contributed by atoms with E-state index in [4.69, 9.17) is 0 Å². The summed E-state index contributed by atoms with van der Waals surface area (Å²) in [4.78, 5) is 13.1. The number of nitrogens with zero attached hydrogens (tertiary/aromatic N) is 1. The number of nitrogens with one attached hydrogen (secondary N) is 1.